The zero-order chi connectivity index (χ0) is 20.1. The van der Waals surface area contributed by atoms with Gasteiger partial charge in [-0.1, -0.05) is 6.07 Å². The first kappa shape index (κ1) is 19.3. The van der Waals surface area contributed by atoms with Crippen LogP contribution in [-0.4, -0.2) is 20.9 Å². The van der Waals surface area contributed by atoms with Crippen LogP contribution in [0.4, 0.5) is 24.8 Å². The topological polar surface area (TPSA) is 79.8 Å². The number of halogens is 3. The number of amides is 1. The molecule has 0 saturated carbocycles. The minimum absolute atomic E-state index is 0.117. The van der Waals surface area contributed by atoms with Gasteiger partial charge in [-0.25, -0.2) is 9.97 Å². The molecule has 0 spiro atoms. The Bertz CT molecular complexity index is 960. The predicted octanol–water partition coefficient (Wildman–Crippen LogP) is 3.87. The fourth-order valence-corrected chi connectivity index (χ4v) is 2.39. The van der Waals surface area contributed by atoms with Gasteiger partial charge in [-0.3, -0.25) is 9.78 Å². The van der Waals surface area contributed by atoms with Crippen LogP contribution >= 0.6 is 0 Å². The number of alkyl halides is 3. The second-order valence-electron chi connectivity index (χ2n) is 5.96. The number of anilines is 2. The minimum atomic E-state index is -4.40. The average Bonchev–Trinajstić information content (AvgIpc) is 2.66. The zero-order valence-corrected chi connectivity index (χ0v) is 14.8. The molecule has 2 aromatic heterocycles. The molecule has 2 N–H and O–H groups in total. The summed E-state index contributed by atoms with van der Waals surface area (Å²) in [4.78, 5) is 24.6. The molecule has 3 rings (SSSR count). The Hall–Kier alpha value is -3.49. The second-order valence-corrected chi connectivity index (χ2v) is 5.96. The van der Waals surface area contributed by atoms with E-state index in [2.05, 4.69) is 25.6 Å². The molecule has 0 radical (unpaired) electrons. The van der Waals surface area contributed by atoms with E-state index in [1.54, 1.807) is 25.4 Å². The van der Waals surface area contributed by atoms with E-state index in [1.807, 2.05) is 6.07 Å². The van der Waals surface area contributed by atoms with Crippen LogP contribution in [-0.2, 0) is 12.7 Å². The molecule has 0 bridgehead atoms. The highest BCUT2D eigenvalue weighted by molar-refractivity contribution is 5.92. The molecular formula is C19H16F3N5O. The lowest BCUT2D eigenvalue weighted by Gasteiger charge is -2.10. The highest BCUT2D eigenvalue weighted by Crippen LogP contribution is 2.30. The number of rotatable bonds is 5. The molecule has 0 aliphatic rings. The van der Waals surface area contributed by atoms with Crippen molar-refractivity contribution in [2.24, 2.45) is 0 Å². The number of carbonyl (C=O) groups is 1. The van der Waals surface area contributed by atoms with E-state index in [9.17, 15) is 18.0 Å². The maximum absolute atomic E-state index is 12.6. The van der Waals surface area contributed by atoms with Crippen LogP contribution in [0.2, 0.25) is 0 Å². The molecule has 6 nitrogen and oxygen atoms in total. The predicted molar refractivity (Wildman–Crippen MR) is 96.9 cm³/mol. The summed E-state index contributed by atoms with van der Waals surface area (Å²) in [5.74, 6) is -0.281. The summed E-state index contributed by atoms with van der Waals surface area (Å²) in [6, 6.07) is 9.58. The van der Waals surface area contributed by atoms with E-state index in [0.717, 1.165) is 17.7 Å². The summed E-state index contributed by atoms with van der Waals surface area (Å²) in [6.45, 7) is 1.98. The average molecular weight is 387 g/mol. The highest BCUT2D eigenvalue weighted by atomic mass is 19.4. The van der Waals surface area contributed by atoms with E-state index in [1.165, 1.54) is 18.2 Å². The van der Waals surface area contributed by atoms with E-state index in [0.29, 0.717) is 11.4 Å². The van der Waals surface area contributed by atoms with Crippen LogP contribution in [0.3, 0.4) is 0 Å². The number of nitrogens with one attached hydrogen (secondary N) is 2. The summed E-state index contributed by atoms with van der Waals surface area (Å²) < 4.78 is 37.9. The van der Waals surface area contributed by atoms with Crippen LogP contribution < -0.4 is 10.6 Å². The maximum atomic E-state index is 12.6. The van der Waals surface area contributed by atoms with Crippen molar-refractivity contribution in [2.45, 2.75) is 19.6 Å². The summed E-state index contributed by atoms with van der Waals surface area (Å²) in [5, 5.41) is 5.55. The molecule has 144 valence electrons. The van der Waals surface area contributed by atoms with Crippen LogP contribution in [0, 0.1) is 6.92 Å². The Morgan fingerprint density at radius 3 is 2.50 bits per heavy atom. The van der Waals surface area contributed by atoms with Crippen LogP contribution in [0.1, 0.15) is 27.3 Å². The molecule has 0 fully saturated rings. The number of hydrogen-bond acceptors (Lipinski definition) is 5. The molecule has 0 atom stereocenters. The number of aromatic nitrogens is 3. The maximum Gasteiger partial charge on any atom is 0.416 e. The summed E-state index contributed by atoms with van der Waals surface area (Å²) >= 11 is 0. The fraction of sp³-hybridized carbons (Fsp3) is 0.158. The Morgan fingerprint density at radius 1 is 1.11 bits per heavy atom. The van der Waals surface area contributed by atoms with E-state index < -0.39 is 17.6 Å². The largest absolute Gasteiger partial charge is 0.416 e. The molecule has 0 unspecified atom stereocenters. The van der Waals surface area contributed by atoms with Crippen molar-refractivity contribution in [1.82, 2.24) is 20.3 Å². The lowest BCUT2D eigenvalue weighted by atomic mass is 10.2. The minimum Gasteiger partial charge on any atom is -0.347 e. The number of benzene rings is 1. The van der Waals surface area contributed by atoms with Gasteiger partial charge in [-0.05, 0) is 48.9 Å². The Balaban J connectivity index is 1.71. The first-order valence-electron chi connectivity index (χ1n) is 8.28. The Kier molecular flexibility index (Phi) is 5.53. The van der Waals surface area contributed by atoms with Crippen LogP contribution in [0.5, 0.6) is 0 Å². The van der Waals surface area contributed by atoms with Gasteiger partial charge in [-0.15, -0.1) is 0 Å². The second kappa shape index (κ2) is 8.03. The number of hydrogen-bond donors (Lipinski definition) is 2. The van der Waals surface area contributed by atoms with Crippen molar-refractivity contribution in [3.63, 3.8) is 0 Å². The summed E-state index contributed by atoms with van der Waals surface area (Å²) in [5.41, 5.74) is 1.14. The van der Waals surface area contributed by atoms with Gasteiger partial charge >= 0.3 is 6.18 Å². The smallest absolute Gasteiger partial charge is 0.347 e. The molecule has 0 aliphatic carbocycles. The monoisotopic (exact) mass is 387 g/mol. The molecule has 0 aliphatic heterocycles. The Labute approximate surface area is 158 Å². The molecule has 0 saturated heterocycles. The molecule has 1 amide bonds. The Morgan fingerprint density at radius 2 is 1.86 bits per heavy atom. The van der Waals surface area contributed by atoms with Crippen molar-refractivity contribution in [2.75, 3.05) is 5.32 Å². The van der Waals surface area contributed by atoms with Gasteiger partial charge < -0.3 is 10.6 Å². The molecule has 2 heterocycles. The normalized spacial score (nSPS) is 11.1. The van der Waals surface area contributed by atoms with Crippen LogP contribution in [0.15, 0.2) is 54.9 Å². The van der Waals surface area contributed by atoms with Gasteiger partial charge in [0, 0.05) is 30.3 Å². The summed E-state index contributed by atoms with van der Waals surface area (Å²) in [6.07, 6.45) is -1.13. The van der Waals surface area contributed by atoms with Crippen molar-refractivity contribution < 1.29 is 18.0 Å². The molecular weight excluding hydrogens is 371 g/mol. The number of carbonyl (C=O) groups excluding carboxylic acids is 1. The quantitative estimate of drug-likeness (QED) is 0.695. The fourth-order valence-electron chi connectivity index (χ4n) is 2.39. The van der Waals surface area contributed by atoms with Crippen molar-refractivity contribution >= 4 is 17.5 Å². The number of nitrogens with zero attached hydrogens (tertiary/aromatic N) is 3. The zero-order valence-electron chi connectivity index (χ0n) is 14.8. The van der Waals surface area contributed by atoms with Gasteiger partial charge in [0.1, 0.15) is 5.69 Å². The molecule has 28 heavy (non-hydrogen) atoms. The van der Waals surface area contributed by atoms with Crippen LogP contribution in [0.25, 0.3) is 0 Å². The number of pyridine rings is 1. The van der Waals surface area contributed by atoms with Crippen molar-refractivity contribution in [3.05, 3.63) is 77.4 Å². The third-order valence-electron chi connectivity index (χ3n) is 3.73. The first-order chi connectivity index (χ1) is 13.3. The van der Waals surface area contributed by atoms with E-state index in [4.69, 9.17) is 0 Å². The SMILES string of the molecule is Cc1cc(C(=O)NCc2cccnc2)nc(Nc2ccc(C(F)(F)F)cc2)n1. The van der Waals surface area contributed by atoms with Crippen molar-refractivity contribution in [3.8, 4) is 0 Å². The molecule has 1 aromatic carbocycles. The molecule has 9 heteroatoms. The van der Waals surface area contributed by atoms with Gasteiger partial charge in [0.05, 0.1) is 5.56 Å². The van der Waals surface area contributed by atoms with Gasteiger partial charge in [0.2, 0.25) is 5.95 Å². The standard InChI is InChI=1S/C19H16F3N5O/c1-12-9-16(17(28)24-11-13-3-2-8-23-10-13)27-18(25-12)26-15-6-4-14(5-7-15)19(20,21)22/h2-10H,11H2,1H3,(H,24,28)(H,25,26,27). The highest BCUT2D eigenvalue weighted by Gasteiger charge is 2.29. The van der Waals surface area contributed by atoms with Gasteiger partial charge in [-0.2, -0.15) is 13.2 Å². The van der Waals surface area contributed by atoms with E-state index in [-0.39, 0.29) is 18.2 Å². The van der Waals surface area contributed by atoms with Gasteiger partial charge in [0.25, 0.3) is 5.91 Å². The number of aryl methyl sites for hydroxylation is 1. The summed E-state index contributed by atoms with van der Waals surface area (Å²) in [7, 11) is 0. The lowest BCUT2D eigenvalue weighted by Crippen LogP contribution is -2.24. The molecule has 3 aromatic rings. The van der Waals surface area contributed by atoms with Gasteiger partial charge in [0.15, 0.2) is 0 Å². The van der Waals surface area contributed by atoms with Crippen molar-refractivity contribution in [1.29, 1.82) is 0 Å². The lowest BCUT2D eigenvalue weighted by molar-refractivity contribution is -0.137. The first-order valence-corrected chi connectivity index (χ1v) is 8.28. The third kappa shape index (κ3) is 5.03. The van der Waals surface area contributed by atoms with E-state index >= 15 is 0 Å². The third-order valence-corrected chi connectivity index (χ3v) is 3.73.